The maximum Gasteiger partial charge on any atom is 0.253 e. The predicted molar refractivity (Wildman–Crippen MR) is 107 cm³/mol. The van der Waals surface area contributed by atoms with Gasteiger partial charge in [-0.2, -0.15) is 0 Å². The molecule has 1 aromatic heterocycles. The number of hydrogen-bond acceptors (Lipinski definition) is 2. The van der Waals surface area contributed by atoms with Gasteiger partial charge in [0.05, 0.1) is 0 Å². The summed E-state index contributed by atoms with van der Waals surface area (Å²) in [5, 5.41) is 3.16. The molecule has 5 nitrogen and oxygen atoms in total. The minimum Gasteiger partial charge on any atom is -0.353 e. The Labute approximate surface area is 161 Å². The van der Waals surface area contributed by atoms with Crippen LogP contribution in [0.5, 0.6) is 0 Å². The first-order chi connectivity index (χ1) is 13.1. The van der Waals surface area contributed by atoms with E-state index in [2.05, 4.69) is 19.2 Å². The van der Waals surface area contributed by atoms with Crippen molar-refractivity contribution in [1.82, 2.24) is 14.8 Å². The van der Waals surface area contributed by atoms with Gasteiger partial charge in [-0.25, -0.2) is 0 Å². The van der Waals surface area contributed by atoms with Crippen LogP contribution in [0.15, 0.2) is 48.8 Å². The molecule has 0 aliphatic carbocycles. The van der Waals surface area contributed by atoms with Crippen molar-refractivity contribution in [3.05, 3.63) is 54.4 Å². The Bertz CT molecular complexity index is 740. The van der Waals surface area contributed by atoms with Crippen LogP contribution in [-0.2, 0) is 4.79 Å². The molecule has 0 unspecified atom stereocenters. The van der Waals surface area contributed by atoms with Crippen LogP contribution >= 0.6 is 0 Å². The van der Waals surface area contributed by atoms with Crippen LogP contribution in [0.4, 0.5) is 0 Å². The van der Waals surface area contributed by atoms with E-state index in [9.17, 15) is 9.59 Å². The number of carbonyl (C=O) groups excluding carboxylic acids is 2. The minimum absolute atomic E-state index is 0.0684. The highest BCUT2D eigenvalue weighted by atomic mass is 16.2. The lowest BCUT2D eigenvalue weighted by Gasteiger charge is -2.33. The van der Waals surface area contributed by atoms with Gasteiger partial charge in [0.1, 0.15) is 0 Å². The van der Waals surface area contributed by atoms with E-state index in [1.807, 2.05) is 58.3 Å². The SMILES string of the molecule is CCC(CC)C(=O)NC1CCN(C(=O)c2ccc(-n3cccc3)cc2)CC1. The van der Waals surface area contributed by atoms with E-state index >= 15 is 0 Å². The van der Waals surface area contributed by atoms with E-state index in [0.717, 1.165) is 31.4 Å². The molecule has 27 heavy (non-hydrogen) atoms. The number of piperidine rings is 1. The first-order valence-corrected chi connectivity index (χ1v) is 9.95. The van der Waals surface area contributed by atoms with Crippen LogP contribution in [0, 0.1) is 5.92 Å². The molecule has 2 amide bonds. The Morgan fingerprint density at radius 2 is 1.63 bits per heavy atom. The number of benzene rings is 1. The third-order valence-electron chi connectivity index (χ3n) is 5.50. The van der Waals surface area contributed by atoms with Crippen molar-refractivity contribution in [2.75, 3.05) is 13.1 Å². The molecule has 2 aromatic rings. The highest BCUT2D eigenvalue weighted by Gasteiger charge is 2.26. The van der Waals surface area contributed by atoms with Gasteiger partial charge in [-0.3, -0.25) is 9.59 Å². The van der Waals surface area contributed by atoms with Crippen molar-refractivity contribution in [2.24, 2.45) is 5.92 Å². The number of nitrogens with zero attached hydrogens (tertiary/aromatic N) is 2. The molecule has 1 N–H and O–H groups in total. The fraction of sp³-hybridized carbons (Fsp3) is 0.455. The summed E-state index contributed by atoms with van der Waals surface area (Å²) < 4.78 is 2.02. The lowest BCUT2D eigenvalue weighted by atomic mass is 9.99. The van der Waals surface area contributed by atoms with Gasteiger partial charge < -0.3 is 14.8 Å². The topological polar surface area (TPSA) is 54.3 Å². The van der Waals surface area contributed by atoms with Gasteiger partial charge in [0.25, 0.3) is 5.91 Å². The number of nitrogens with one attached hydrogen (secondary N) is 1. The second-order valence-corrected chi connectivity index (χ2v) is 7.23. The van der Waals surface area contributed by atoms with Gasteiger partial charge >= 0.3 is 0 Å². The summed E-state index contributed by atoms with van der Waals surface area (Å²) >= 11 is 0. The molecule has 0 bridgehead atoms. The number of likely N-dealkylation sites (tertiary alicyclic amines) is 1. The third-order valence-corrected chi connectivity index (χ3v) is 5.50. The molecular weight excluding hydrogens is 338 g/mol. The molecule has 0 saturated carbocycles. The molecule has 2 heterocycles. The quantitative estimate of drug-likeness (QED) is 0.847. The lowest BCUT2D eigenvalue weighted by Crippen LogP contribution is -2.47. The van der Waals surface area contributed by atoms with Crippen LogP contribution in [0.1, 0.15) is 49.9 Å². The van der Waals surface area contributed by atoms with E-state index in [1.165, 1.54) is 0 Å². The zero-order valence-electron chi connectivity index (χ0n) is 16.2. The van der Waals surface area contributed by atoms with Crippen LogP contribution in [-0.4, -0.2) is 40.4 Å². The first kappa shape index (κ1) is 19.2. The van der Waals surface area contributed by atoms with Crippen LogP contribution < -0.4 is 5.32 Å². The maximum atomic E-state index is 12.8. The molecule has 1 aromatic carbocycles. The Hall–Kier alpha value is -2.56. The summed E-state index contributed by atoms with van der Waals surface area (Å²) in [7, 11) is 0. The monoisotopic (exact) mass is 367 g/mol. The fourth-order valence-electron chi connectivity index (χ4n) is 3.67. The highest BCUT2D eigenvalue weighted by Crippen LogP contribution is 2.17. The summed E-state index contributed by atoms with van der Waals surface area (Å²) in [4.78, 5) is 26.9. The van der Waals surface area contributed by atoms with Gasteiger partial charge in [-0.15, -0.1) is 0 Å². The second-order valence-electron chi connectivity index (χ2n) is 7.23. The van der Waals surface area contributed by atoms with E-state index in [-0.39, 0.29) is 23.8 Å². The summed E-state index contributed by atoms with van der Waals surface area (Å²) in [6.45, 7) is 5.48. The van der Waals surface area contributed by atoms with Gasteiger partial charge in [0, 0.05) is 48.7 Å². The molecule has 1 aliphatic rings. The average molecular weight is 367 g/mol. The predicted octanol–water partition coefficient (Wildman–Crippen LogP) is 3.63. The molecule has 0 atom stereocenters. The molecule has 1 saturated heterocycles. The number of amides is 2. The van der Waals surface area contributed by atoms with Crippen LogP contribution in [0.3, 0.4) is 0 Å². The van der Waals surface area contributed by atoms with Gasteiger partial charge in [-0.05, 0) is 62.1 Å². The smallest absolute Gasteiger partial charge is 0.253 e. The zero-order valence-corrected chi connectivity index (χ0v) is 16.2. The Balaban J connectivity index is 1.53. The molecule has 0 radical (unpaired) electrons. The summed E-state index contributed by atoms with van der Waals surface area (Å²) in [6.07, 6.45) is 7.35. The highest BCUT2D eigenvalue weighted by molar-refractivity contribution is 5.94. The van der Waals surface area contributed by atoms with Gasteiger partial charge in [-0.1, -0.05) is 13.8 Å². The second kappa shape index (κ2) is 8.89. The summed E-state index contributed by atoms with van der Waals surface area (Å²) in [5.74, 6) is 0.327. The number of hydrogen-bond donors (Lipinski definition) is 1. The Kier molecular flexibility index (Phi) is 6.32. The standard InChI is InChI=1S/C22H29N3O2/c1-3-17(4-2)21(26)23-19-11-15-25(16-12-19)22(27)18-7-9-20(10-8-18)24-13-5-6-14-24/h5-10,13-14,17,19H,3-4,11-12,15-16H2,1-2H3,(H,23,26). The fourth-order valence-corrected chi connectivity index (χ4v) is 3.67. The zero-order chi connectivity index (χ0) is 19.2. The average Bonchev–Trinajstić information content (AvgIpc) is 3.24. The molecule has 1 fully saturated rings. The van der Waals surface area contributed by atoms with Crippen molar-refractivity contribution >= 4 is 11.8 Å². The van der Waals surface area contributed by atoms with E-state index in [1.54, 1.807) is 0 Å². The van der Waals surface area contributed by atoms with Gasteiger partial charge in [0.2, 0.25) is 5.91 Å². The largest absolute Gasteiger partial charge is 0.353 e. The van der Waals surface area contributed by atoms with Crippen LogP contribution in [0.2, 0.25) is 0 Å². The summed E-state index contributed by atoms with van der Waals surface area (Å²) in [6, 6.07) is 11.8. The Morgan fingerprint density at radius 3 is 2.19 bits per heavy atom. The third kappa shape index (κ3) is 4.59. The van der Waals surface area contributed by atoms with E-state index in [0.29, 0.717) is 18.7 Å². The maximum absolute atomic E-state index is 12.8. The Morgan fingerprint density at radius 1 is 1.04 bits per heavy atom. The van der Waals surface area contributed by atoms with Crippen molar-refractivity contribution in [3.63, 3.8) is 0 Å². The van der Waals surface area contributed by atoms with E-state index in [4.69, 9.17) is 0 Å². The molecule has 1 aliphatic heterocycles. The number of carbonyl (C=O) groups is 2. The molecule has 0 spiro atoms. The molecular formula is C22H29N3O2. The van der Waals surface area contributed by atoms with Crippen molar-refractivity contribution < 1.29 is 9.59 Å². The van der Waals surface area contributed by atoms with E-state index < -0.39 is 0 Å². The van der Waals surface area contributed by atoms with Crippen molar-refractivity contribution in [3.8, 4) is 5.69 Å². The lowest BCUT2D eigenvalue weighted by molar-refractivity contribution is -0.126. The molecule has 144 valence electrons. The molecule has 5 heteroatoms. The summed E-state index contributed by atoms with van der Waals surface area (Å²) in [5.41, 5.74) is 1.75. The molecule has 3 rings (SSSR count). The normalized spacial score (nSPS) is 15.1. The van der Waals surface area contributed by atoms with Crippen molar-refractivity contribution in [1.29, 1.82) is 0 Å². The van der Waals surface area contributed by atoms with Crippen LogP contribution in [0.25, 0.3) is 5.69 Å². The van der Waals surface area contributed by atoms with Crippen molar-refractivity contribution in [2.45, 2.75) is 45.6 Å². The number of rotatable bonds is 6. The first-order valence-electron chi connectivity index (χ1n) is 9.95. The number of aromatic nitrogens is 1. The minimum atomic E-state index is 0.0684. The van der Waals surface area contributed by atoms with Gasteiger partial charge in [0.15, 0.2) is 0 Å².